The highest BCUT2D eigenvalue weighted by atomic mass is 32.2. The summed E-state index contributed by atoms with van der Waals surface area (Å²) in [6.45, 7) is 0. The minimum absolute atomic E-state index is 0.0585. The number of rotatable bonds is 2. The Kier molecular flexibility index (Phi) is 4.55. The topological polar surface area (TPSA) is 46.6 Å². The van der Waals surface area contributed by atoms with E-state index in [4.69, 9.17) is 12.2 Å². The molecule has 0 bridgehead atoms. The van der Waals surface area contributed by atoms with Crippen molar-refractivity contribution in [2.24, 2.45) is 0 Å². The van der Waals surface area contributed by atoms with E-state index in [1.54, 1.807) is 26.0 Å². The third-order valence-corrected chi connectivity index (χ3v) is 2.28. The zero-order chi connectivity index (χ0) is 9.02. The van der Waals surface area contributed by atoms with E-state index >= 15 is 0 Å². The second kappa shape index (κ2) is 4.63. The molecule has 0 saturated heterocycles. The highest BCUT2D eigenvalue weighted by Gasteiger charge is 2.04. The summed E-state index contributed by atoms with van der Waals surface area (Å²) in [5.41, 5.74) is 0. The van der Waals surface area contributed by atoms with Gasteiger partial charge in [-0.3, -0.25) is 4.21 Å². The van der Waals surface area contributed by atoms with Crippen molar-refractivity contribution >= 4 is 28.4 Å². The first-order valence-corrected chi connectivity index (χ1v) is 4.58. The average Bonchev–Trinajstić information content (AvgIpc) is 1.84. The van der Waals surface area contributed by atoms with Gasteiger partial charge in [-0.2, -0.15) is 0 Å². The van der Waals surface area contributed by atoms with Crippen molar-refractivity contribution in [3.63, 3.8) is 0 Å². The van der Waals surface area contributed by atoms with Gasteiger partial charge < -0.3 is 14.4 Å². The molecule has 1 atom stereocenters. The van der Waals surface area contributed by atoms with E-state index in [0.717, 1.165) is 0 Å². The predicted molar refractivity (Wildman–Crippen MR) is 47.8 cm³/mol. The molecule has 0 aromatic rings. The Bertz CT molecular complexity index is 172. The summed E-state index contributed by atoms with van der Waals surface area (Å²) in [6, 6.07) is 0. The molecular formula is C5H11N2O2S2-. The average molecular weight is 195 g/mol. The van der Waals surface area contributed by atoms with Gasteiger partial charge in [-0.25, -0.2) is 0 Å². The van der Waals surface area contributed by atoms with E-state index in [9.17, 15) is 8.76 Å². The van der Waals surface area contributed by atoms with Crippen LogP contribution in [0.4, 0.5) is 0 Å². The SMILES string of the molecule is CN(C)C(=S)N(C)CS(=O)[O-]. The summed E-state index contributed by atoms with van der Waals surface area (Å²) in [5, 5.41) is 0.509. The van der Waals surface area contributed by atoms with Gasteiger partial charge in [0.1, 0.15) is 0 Å². The van der Waals surface area contributed by atoms with Gasteiger partial charge in [0.2, 0.25) is 0 Å². The lowest BCUT2D eigenvalue weighted by Crippen LogP contribution is -2.37. The van der Waals surface area contributed by atoms with Crippen LogP contribution in [0, 0.1) is 0 Å². The molecule has 0 aromatic heterocycles. The van der Waals surface area contributed by atoms with Gasteiger partial charge in [-0.15, -0.1) is 0 Å². The maximum absolute atomic E-state index is 10.2. The maximum Gasteiger partial charge on any atom is 0.171 e. The van der Waals surface area contributed by atoms with E-state index in [1.807, 2.05) is 0 Å². The van der Waals surface area contributed by atoms with Gasteiger partial charge in [0.15, 0.2) is 5.11 Å². The number of nitrogens with zero attached hydrogens (tertiary/aromatic N) is 2. The van der Waals surface area contributed by atoms with Crippen molar-refractivity contribution in [1.29, 1.82) is 0 Å². The summed E-state index contributed by atoms with van der Waals surface area (Å²) >= 11 is 2.83. The zero-order valence-electron chi connectivity index (χ0n) is 6.73. The smallest absolute Gasteiger partial charge is 0.171 e. The Morgan fingerprint density at radius 1 is 1.55 bits per heavy atom. The molecule has 0 aliphatic heterocycles. The lowest BCUT2D eigenvalue weighted by molar-refractivity contribution is 0.461. The number of hydrogen-bond donors (Lipinski definition) is 0. The van der Waals surface area contributed by atoms with Crippen LogP contribution in [0.3, 0.4) is 0 Å². The van der Waals surface area contributed by atoms with Crippen LogP contribution in [0.2, 0.25) is 0 Å². The van der Waals surface area contributed by atoms with Crippen LogP contribution < -0.4 is 0 Å². The monoisotopic (exact) mass is 195 g/mol. The Morgan fingerprint density at radius 2 is 2.00 bits per heavy atom. The van der Waals surface area contributed by atoms with E-state index in [1.165, 1.54) is 4.90 Å². The van der Waals surface area contributed by atoms with Gasteiger partial charge in [0.05, 0.1) is 5.88 Å². The Labute approximate surface area is 74.5 Å². The first kappa shape index (κ1) is 10.8. The van der Waals surface area contributed by atoms with Gasteiger partial charge in [0.25, 0.3) is 0 Å². The second-order valence-electron chi connectivity index (χ2n) is 2.31. The van der Waals surface area contributed by atoms with Crippen LogP contribution in [0.1, 0.15) is 0 Å². The summed E-state index contributed by atoms with van der Waals surface area (Å²) in [4.78, 5) is 3.17. The van der Waals surface area contributed by atoms with Crippen molar-refractivity contribution in [3.8, 4) is 0 Å². The van der Waals surface area contributed by atoms with E-state index in [2.05, 4.69) is 0 Å². The predicted octanol–water partition coefficient (Wildman–Crippen LogP) is -0.399. The van der Waals surface area contributed by atoms with Crippen LogP contribution in [0.25, 0.3) is 0 Å². The molecule has 0 amide bonds. The summed E-state index contributed by atoms with van der Waals surface area (Å²) < 4.78 is 20.4. The standard InChI is InChI=1S/C5H12N2O2S2/c1-6(2)5(10)7(3)4-11(8)9/h4H2,1-3H3,(H,8,9)/p-1. The van der Waals surface area contributed by atoms with Crippen LogP contribution in [0.15, 0.2) is 0 Å². The lowest BCUT2D eigenvalue weighted by atomic mass is 10.8. The van der Waals surface area contributed by atoms with Gasteiger partial charge >= 0.3 is 0 Å². The van der Waals surface area contributed by atoms with E-state index < -0.39 is 11.1 Å². The minimum Gasteiger partial charge on any atom is -0.771 e. The first-order valence-electron chi connectivity index (χ1n) is 2.93. The molecule has 0 aliphatic carbocycles. The van der Waals surface area contributed by atoms with Gasteiger partial charge in [0, 0.05) is 21.1 Å². The molecule has 66 valence electrons. The fraction of sp³-hybridized carbons (Fsp3) is 0.800. The molecule has 0 aromatic carbocycles. The molecular weight excluding hydrogens is 184 g/mol. The molecule has 0 N–H and O–H groups in total. The molecule has 0 aliphatic rings. The van der Waals surface area contributed by atoms with E-state index in [0.29, 0.717) is 5.11 Å². The molecule has 1 unspecified atom stereocenters. The lowest BCUT2D eigenvalue weighted by Gasteiger charge is -2.25. The third kappa shape index (κ3) is 4.28. The highest BCUT2D eigenvalue weighted by molar-refractivity contribution is 7.80. The van der Waals surface area contributed by atoms with Crippen LogP contribution in [-0.2, 0) is 11.1 Å². The molecule has 0 radical (unpaired) electrons. The molecule has 0 spiro atoms. The molecule has 0 rings (SSSR count). The normalized spacial score (nSPS) is 12.4. The van der Waals surface area contributed by atoms with Crippen molar-refractivity contribution in [1.82, 2.24) is 9.80 Å². The summed E-state index contributed by atoms with van der Waals surface area (Å²) in [6.07, 6.45) is 0. The quantitative estimate of drug-likeness (QED) is 0.443. The van der Waals surface area contributed by atoms with Crippen molar-refractivity contribution in [3.05, 3.63) is 0 Å². The fourth-order valence-corrected chi connectivity index (χ4v) is 1.14. The minimum atomic E-state index is -2.07. The fourth-order valence-electron chi connectivity index (χ4n) is 0.555. The molecule has 4 nitrogen and oxygen atoms in total. The molecule has 6 heteroatoms. The second-order valence-corrected chi connectivity index (χ2v) is 3.54. The largest absolute Gasteiger partial charge is 0.771 e. The Balaban J connectivity index is 3.93. The van der Waals surface area contributed by atoms with E-state index in [-0.39, 0.29) is 5.88 Å². The highest BCUT2D eigenvalue weighted by Crippen LogP contribution is 1.92. The van der Waals surface area contributed by atoms with Crippen LogP contribution >= 0.6 is 12.2 Å². The van der Waals surface area contributed by atoms with Crippen molar-refractivity contribution < 1.29 is 8.76 Å². The van der Waals surface area contributed by atoms with Gasteiger partial charge in [-0.1, -0.05) is 0 Å². The zero-order valence-corrected chi connectivity index (χ0v) is 8.37. The van der Waals surface area contributed by atoms with Crippen LogP contribution in [0.5, 0.6) is 0 Å². The molecule has 0 saturated carbocycles. The molecule has 11 heavy (non-hydrogen) atoms. The summed E-state index contributed by atoms with van der Waals surface area (Å²) in [7, 11) is 5.18. The van der Waals surface area contributed by atoms with Crippen LogP contribution in [-0.4, -0.2) is 50.7 Å². The Hall–Kier alpha value is -0.200. The number of thiocarbonyl (C=S) groups is 1. The number of hydrogen-bond acceptors (Lipinski definition) is 3. The third-order valence-electron chi connectivity index (χ3n) is 1.01. The van der Waals surface area contributed by atoms with Crippen molar-refractivity contribution in [2.75, 3.05) is 27.0 Å². The first-order chi connectivity index (χ1) is 4.95. The maximum atomic E-state index is 10.2. The molecule has 0 heterocycles. The molecule has 0 fully saturated rings. The summed E-state index contributed by atoms with van der Waals surface area (Å²) in [5.74, 6) is -0.0585. The Morgan fingerprint density at radius 3 is 2.27 bits per heavy atom. The van der Waals surface area contributed by atoms with Gasteiger partial charge in [-0.05, 0) is 23.3 Å². The van der Waals surface area contributed by atoms with Crippen molar-refractivity contribution in [2.45, 2.75) is 0 Å².